The SMILES string of the molecule is N=C(Br)c1c(N)ncnc1NC1CCCN(C(=O)CCBr)C1. The first-order chi connectivity index (χ1) is 10.5. The van der Waals surface area contributed by atoms with Gasteiger partial charge in [-0.1, -0.05) is 15.9 Å². The minimum absolute atomic E-state index is 0.0907. The molecule has 1 aromatic rings. The number of likely N-dealkylation sites (tertiary alicyclic amines) is 1. The Balaban J connectivity index is 2.09. The van der Waals surface area contributed by atoms with E-state index in [1.54, 1.807) is 0 Å². The summed E-state index contributed by atoms with van der Waals surface area (Å²) in [6.45, 7) is 1.42. The first kappa shape index (κ1) is 17.1. The average molecular weight is 434 g/mol. The number of nitrogen functional groups attached to an aromatic ring is 1. The molecule has 1 fully saturated rings. The van der Waals surface area contributed by atoms with Crippen molar-refractivity contribution < 1.29 is 4.79 Å². The van der Waals surface area contributed by atoms with Crippen LogP contribution < -0.4 is 11.1 Å². The third kappa shape index (κ3) is 4.16. The fraction of sp³-hybridized carbons (Fsp3) is 0.538. The number of halogens is 2. The van der Waals surface area contributed by atoms with Gasteiger partial charge in [-0.3, -0.25) is 10.2 Å². The number of hydrogen-bond acceptors (Lipinski definition) is 6. The van der Waals surface area contributed by atoms with E-state index in [4.69, 9.17) is 11.1 Å². The molecule has 4 N–H and O–H groups in total. The fourth-order valence-electron chi connectivity index (χ4n) is 2.48. The highest BCUT2D eigenvalue weighted by Gasteiger charge is 2.24. The van der Waals surface area contributed by atoms with Crippen molar-refractivity contribution in [2.75, 3.05) is 29.5 Å². The molecular weight excluding hydrogens is 416 g/mol. The van der Waals surface area contributed by atoms with Gasteiger partial charge in [-0.05, 0) is 28.8 Å². The smallest absolute Gasteiger partial charge is 0.223 e. The summed E-state index contributed by atoms with van der Waals surface area (Å²) < 4.78 is 0.135. The van der Waals surface area contributed by atoms with E-state index in [9.17, 15) is 4.79 Å². The van der Waals surface area contributed by atoms with Crippen LogP contribution in [0.3, 0.4) is 0 Å². The predicted octanol–water partition coefficient (Wildman–Crippen LogP) is 1.97. The van der Waals surface area contributed by atoms with Gasteiger partial charge in [0.2, 0.25) is 5.91 Å². The first-order valence-electron chi connectivity index (χ1n) is 6.98. The Labute approximate surface area is 145 Å². The maximum atomic E-state index is 12.0. The monoisotopic (exact) mass is 432 g/mol. The molecule has 0 spiro atoms. The molecule has 0 aromatic carbocycles. The number of carbonyl (C=O) groups excluding carboxylic acids is 1. The molecular formula is C13H18Br2N6O. The quantitative estimate of drug-likeness (QED) is 0.485. The number of nitrogens with zero attached hydrogens (tertiary/aromatic N) is 3. The van der Waals surface area contributed by atoms with Crippen LogP contribution >= 0.6 is 31.9 Å². The van der Waals surface area contributed by atoms with E-state index in [0.29, 0.717) is 29.7 Å². The van der Waals surface area contributed by atoms with Crippen molar-refractivity contribution in [3.63, 3.8) is 0 Å². The summed E-state index contributed by atoms with van der Waals surface area (Å²) in [4.78, 5) is 22.0. The summed E-state index contributed by atoms with van der Waals surface area (Å²) >= 11 is 6.41. The van der Waals surface area contributed by atoms with Crippen molar-refractivity contribution >= 4 is 54.0 Å². The maximum Gasteiger partial charge on any atom is 0.223 e. The lowest BCUT2D eigenvalue weighted by atomic mass is 10.0. The van der Waals surface area contributed by atoms with Crippen molar-refractivity contribution in [1.82, 2.24) is 14.9 Å². The second-order valence-corrected chi connectivity index (χ2v) is 6.64. The Morgan fingerprint density at radius 1 is 1.55 bits per heavy atom. The van der Waals surface area contributed by atoms with Crippen LogP contribution in [0.2, 0.25) is 0 Å². The minimum atomic E-state index is 0.0907. The van der Waals surface area contributed by atoms with Gasteiger partial charge in [-0.2, -0.15) is 0 Å². The first-order valence-corrected chi connectivity index (χ1v) is 8.89. The van der Waals surface area contributed by atoms with Crippen LogP contribution in [-0.4, -0.2) is 49.9 Å². The van der Waals surface area contributed by atoms with Crippen LogP contribution in [0.1, 0.15) is 24.8 Å². The third-order valence-electron chi connectivity index (χ3n) is 3.52. The predicted molar refractivity (Wildman–Crippen MR) is 93.8 cm³/mol. The molecule has 0 saturated carbocycles. The Bertz CT molecular complexity index is 567. The minimum Gasteiger partial charge on any atom is -0.383 e. The third-order valence-corrected chi connectivity index (χ3v) is 4.31. The number of carbonyl (C=O) groups is 1. The lowest BCUT2D eigenvalue weighted by molar-refractivity contribution is -0.131. The van der Waals surface area contributed by atoms with Crippen LogP contribution in [0, 0.1) is 5.41 Å². The number of hydrogen-bond donors (Lipinski definition) is 3. The lowest BCUT2D eigenvalue weighted by Crippen LogP contribution is -2.45. The van der Waals surface area contributed by atoms with E-state index in [1.165, 1.54) is 6.33 Å². The summed E-state index contributed by atoms with van der Waals surface area (Å²) in [7, 11) is 0. The highest BCUT2D eigenvalue weighted by Crippen LogP contribution is 2.23. The molecule has 1 aliphatic rings. The number of nitrogens with two attached hydrogens (primary N) is 1. The van der Waals surface area contributed by atoms with Crippen molar-refractivity contribution in [3.05, 3.63) is 11.9 Å². The van der Waals surface area contributed by atoms with Gasteiger partial charge >= 0.3 is 0 Å². The van der Waals surface area contributed by atoms with E-state index in [-0.39, 0.29) is 22.4 Å². The van der Waals surface area contributed by atoms with Crippen LogP contribution in [-0.2, 0) is 4.79 Å². The largest absolute Gasteiger partial charge is 0.383 e. The Hall–Kier alpha value is -1.22. The molecule has 1 amide bonds. The second kappa shape index (κ2) is 7.87. The zero-order valence-electron chi connectivity index (χ0n) is 12.0. The van der Waals surface area contributed by atoms with Crippen molar-refractivity contribution in [1.29, 1.82) is 5.41 Å². The Kier molecular flexibility index (Phi) is 6.13. The number of piperidine rings is 1. The highest BCUT2D eigenvalue weighted by molar-refractivity contribution is 9.18. The summed E-state index contributed by atoms with van der Waals surface area (Å²) in [6, 6.07) is 0.0907. The molecule has 120 valence electrons. The number of rotatable bonds is 5. The Morgan fingerprint density at radius 3 is 3.00 bits per heavy atom. The lowest BCUT2D eigenvalue weighted by Gasteiger charge is -2.33. The van der Waals surface area contributed by atoms with Crippen molar-refractivity contribution in [2.24, 2.45) is 0 Å². The number of alkyl halides is 1. The molecule has 2 heterocycles. The van der Waals surface area contributed by atoms with Crippen molar-refractivity contribution in [3.8, 4) is 0 Å². The van der Waals surface area contributed by atoms with Crippen LogP contribution in [0.4, 0.5) is 11.6 Å². The van der Waals surface area contributed by atoms with E-state index in [0.717, 1.165) is 19.4 Å². The van der Waals surface area contributed by atoms with Gasteiger partial charge in [0.1, 0.15) is 22.6 Å². The Morgan fingerprint density at radius 2 is 2.32 bits per heavy atom. The summed E-state index contributed by atoms with van der Waals surface area (Å²) in [6.07, 6.45) is 3.75. The number of aromatic nitrogens is 2. The van der Waals surface area contributed by atoms with Gasteiger partial charge in [0.15, 0.2) is 0 Å². The summed E-state index contributed by atoms with van der Waals surface area (Å²) in [5.41, 5.74) is 6.26. The average Bonchev–Trinajstić information content (AvgIpc) is 2.47. The van der Waals surface area contributed by atoms with Gasteiger partial charge in [0.25, 0.3) is 0 Å². The molecule has 7 nitrogen and oxygen atoms in total. The van der Waals surface area contributed by atoms with E-state index in [1.807, 2.05) is 4.90 Å². The van der Waals surface area contributed by atoms with Crippen LogP contribution in [0.15, 0.2) is 6.33 Å². The zero-order valence-corrected chi connectivity index (χ0v) is 15.2. The molecule has 9 heteroatoms. The van der Waals surface area contributed by atoms with Crippen molar-refractivity contribution in [2.45, 2.75) is 25.3 Å². The molecule has 2 rings (SSSR count). The highest BCUT2D eigenvalue weighted by atomic mass is 79.9. The van der Waals surface area contributed by atoms with Gasteiger partial charge < -0.3 is 16.0 Å². The molecule has 0 bridgehead atoms. The molecule has 0 radical (unpaired) electrons. The summed E-state index contributed by atoms with van der Waals surface area (Å²) in [5.74, 6) is 0.926. The number of anilines is 2. The maximum absolute atomic E-state index is 12.0. The van der Waals surface area contributed by atoms with Gasteiger partial charge in [0, 0.05) is 30.9 Å². The molecule has 1 aliphatic heterocycles. The summed E-state index contributed by atoms with van der Waals surface area (Å²) in [5, 5.41) is 11.7. The fourth-order valence-corrected chi connectivity index (χ4v) is 3.21. The number of nitrogens with one attached hydrogen (secondary N) is 2. The van der Waals surface area contributed by atoms with Gasteiger partial charge in [-0.25, -0.2) is 9.97 Å². The van der Waals surface area contributed by atoms with Crippen LogP contribution in [0.5, 0.6) is 0 Å². The molecule has 1 saturated heterocycles. The topological polar surface area (TPSA) is 108 Å². The second-order valence-electron chi connectivity index (χ2n) is 5.06. The van der Waals surface area contributed by atoms with E-state index >= 15 is 0 Å². The molecule has 1 unspecified atom stereocenters. The molecule has 22 heavy (non-hydrogen) atoms. The standard InChI is InChI=1S/C13H18Br2N6O/c14-4-3-9(22)21-5-1-2-8(6-21)20-13-10(11(15)16)12(17)18-7-19-13/h7-8,16H,1-6H2,(H3,17,18,19,20). The van der Waals surface area contributed by atoms with Crippen LogP contribution in [0.25, 0.3) is 0 Å². The number of amides is 1. The van der Waals surface area contributed by atoms with Gasteiger partial charge in [0.05, 0.1) is 5.56 Å². The van der Waals surface area contributed by atoms with E-state index in [2.05, 4.69) is 47.1 Å². The molecule has 0 aliphatic carbocycles. The molecule has 1 atom stereocenters. The normalized spacial score (nSPS) is 18.1. The zero-order chi connectivity index (χ0) is 16.1. The van der Waals surface area contributed by atoms with E-state index < -0.39 is 0 Å². The molecule has 1 aromatic heterocycles. The van der Waals surface area contributed by atoms with Gasteiger partial charge in [-0.15, -0.1) is 0 Å².